The second-order valence-corrected chi connectivity index (χ2v) is 18.1. The Bertz CT molecular complexity index is 3100. The summed E-state index contributed by atoms with van der Waals surface area (Å²) >= 11 is 0. The molecule has 5 aliphatic rings. The van der Waals surface area contributed by atoms with E-state index >= 15 is 0 Å². The summed E-state index contributed by atoms with van der Waals surface area (Å²) in [4.78, 5) is 30.1. The molecule has 0 radical (unpaired) electrons. The second-order valence-electron chi connectivity index (χ2n) is 18.1. The summed E-state index contributed by atoms with van der Waals surface area (Å²) in [6, 6.07) is 54.3. The first-order chi connectivity index (χ1) is 32.9. The lowest BCUT2D eigenvalue weighted by atomic mass is 9.43. The Morgan fingerprint density at radius 2 is 0.688 bits per heavy atom. The van der Waals surface area contributed by atoms with Crippen LogP contribution >= 0.6 is 0 Å². The molecule has 1 spiro atoms. The SMILES string of the molecule is [2H]c1c(-c2ccc3c(c2)-c2ccccc2C32C3CC4CC(C3)CC2C4)c([2H])c(-c2nc(-c3ccccc3)nc(-c3ccccc3)n2)c([2H])c1-c1nc(-c2ccccc2)nc(-c2ccccc2)n1. The first-order valence-corrected chi connectivity index (χ1v) is 22.6. The number of hydrogen-bond donors (Lipinski definition) is 0. The predicted molar refractivity (Wildman–Crippen MR) is 255 cm³/mol. The molecule has 7 aromatic carbocycles. The van der Waals surface area contributed by atoms with Gasteiger partial charge < -0.3 is 0 Å². The lowest BCUT2D eigenvalue weighted by Crippen LogP contribution is -2.55. The fourth-order valence-electron chi connectivity index (χ4n) is 12.0. The third-order valence-electron chi connectivity index (χ3n) is 14.4. The van der Waals surface area contributed by atoms with Gasteiger partial charge in [-0.3, -0.25) is 0 Å². The van der Waals surface area contributed by atoms with E-state index < -0.39 is 0 Å². The molecular formula is C58H44N6. The highest BCUT2D eigenvalue weighted by Crippen LogP contribution is 2.69. The third-order valence-corrected chi connectivity index (χ3v) is 14.4. The van der Waals surface area contributed by atoms with E-state index in [1.165, 1.54) is 54.4 Å². The van der Waals surface area contributed by atoms with Gasteiger partial charge in [0.05, 0.1) is 4.11 Å². The molecule has 0 atom stereocenters. The van der Waals surface area contributed by atoms with E-state index in [1.54, 1.807) is 0 Å². The zero-order valence-corrected chi connectivity index (χ0v) is 35.1. The van der Waals surface area contributed by atoms with Gasteiger partial charge in [0.2, 0.25) is 0 Å². The maximum atomic E-state index is 10.2. The van der Waals surface area contributed by atoms with E-state index in [2.05, 4.69) is 42.5 Å². The fraction of sp³-hybridized carbons (Fsp3) is 0.172. The molecule has 0 N–H and O–H groups in total. The predicted octanol–water partition coefficient (Wildman–Crippen LogP) is 13.4. The molecule has 64 heavy (non-hydrogen) atoms. The van der Waals surface area contributed by atoms with Crippen LogP contribution in [0.2, 0.25) is 0 Å². The van der Waals surface area contributed by atoms with Gasteiger partial charge in [-0.25, -0.2) is 29.9 Å². The Hall–Kier alpha value is -7.44. The van der Waals surface area contributed by atoms with Gasteiger partial charge >= 0.3 is 0 Å². The van der Waals surface area contributed by atoms with Gasteiger partial charge in [0.25, 0.3) is 0 Å². The fourth-order valence-corrected chi connectivity index (χ4v) is 12.0. The molecule has 0 aliphatic heterocycles. The van der Waals surface area contributed by atoms with Crippen molar-refractivity contribution in [1.82, 2.24) is 29.9 Å². The van der Waals surface area contributed by atoms with Gasteiger partial charge in [0, 0.05) is 38.8 Å². The Labute approximate surface area is 377 Å². The molecule has 9 aromatic rings. The van der Waals surface area contributed by atoms with Crippen molar-refractivity contribution in [2.75, 3.05) is 0 Å². The molecule has 2 heterocycles. The molecular weight excluding hydrogens is 781 g/mol. The van der Waals surface area contributed by atoms with Crippen molar-refractivity contribution >= 4 is 0 Å². The van der Waals surface area contributed by atoms with Crippen LogP contribution in [0.4, 0.5) is 0 Å². The molecule has 4 fully saturated rings. The number of nitrogens with zero attached hydrogens (tertiary/aromatic N) is 6. The van der Waals surface area contributed by atoms with E-state index in [0.29, 0.717) is 46.3 Å². The number of aromatic nitrogens is 6. The van der Waals surface area contributed by atoms with Gasteiger partial charge in [-0.05, 0) is 113 Å². The van der Waals surface area contributed by atoms with Crippen LogP contribution in [0.1, 0.15) is 47.3 Å². The van der Waals surface area contributed by atoms with Crippen LogP contribution in [0.15, 0.2) is 182 Å². The summed E-state index contributed by atoms with van der Waals surface area (Å²) in [5.41, 5.74) is 9.70. The highest BCUT2D eigenvalue weighted by atomic mass is 15.0. The van der Waals surface area contributed by atoms with Crippen molar-refractivity contribution < 1.29 is 4.11 Å². The summed E-state index contributed by atoms with van der Waals surface area (Å²) in [6.45, 7) is 0. The topological polar surface area (TPSA) is 77.3 Å². The minimum atomic E-state index is -0.119. The Kier molecular flexibility index (Phi) is 7.91. The lowest BCUT2D eigenvalue weighted by molar-refractivity contribution is -0.0399. The molecule has 4 bridgehead atoms. The van der Waals surface area contributed by atoms with E-state index in [9.17, 15) is 4.11 Å². The van der Waals surface area contributed by atoms with Gasteiger partial charge in [-0.1, -0.05) is 158 Å². The Morgan fingerprint density at radius 3 is 1.12 bits per heavy atom. The summed E-state index contributed by atoms with van der Waals surface area (Å²) in [7, 11) is 0. The minimum absolute atomic E-state index is 0.0147. The molecule has 0 unspecified atom stereocenters. The molecule has 0 amide bonds. The van der Waals surface area contributed by atoms with Crippen LogP contribution < -0.4 is 0 Å². The maximum Gasteiger partial charge on any atom is 0.164 e. The number of rotatable bonds is 7. The molecule has 4 saturated carbocycles. The van der Waals surface area contributed by atoms with Crippen molar-refractivity contribution in [3.05, 3.63) is 193 Å². The highest BCUT2D eigenvalue weighted by Gasteiger charge is 2.61. The molecule has 6 heteroatoms. The zero-order valence-electron chi connectivity index (χ0n) is 38.1. The molecule has 14 rings (SSSR count). The first-order valence-electron chi connectivity index (χ1n) is 24.1. The average Bonchev–Trinajstić information content (AvgIpc) is 3.66. The summed E-state index contributed by atoms with van der Waals surface area (Å²) in [5, 5.41) is 0. The van der Waals surface area contributed by atoms with Crippen LogP contribution in [0.3, 0.4) is 0 Å². The van der Waals surface area contributed by atoms with Crippen LogP contribution in [-0.2, 0) is 5.41 Å². The van der Waals surface area contributed by atoms with Crippen molar-refractivity contribution in [3.8, 4) is 90.6 Å². The normalized spacial score (nSPS) is 21.8. The van der Waals surface area contributed by atoms with Crippen molar-refractivity contribution in [2.45, 2.75) is 37.5 Å². The van der Waals surface area contributed by atoms with E-state index in [1.807, 2.05) is 121 Å². The standard InChI is InChI=1S/C58H44N6/c1-5-15-38(16-6-1)52-59-53(39-17-7-2-8-18-39)62-56(61-52)44-32-43(33-45(34-44)57-63-54(40-19-9-3-10-20-40)60-55(64-57)41-21-11-4-12-22-41)42-25-26-51-49(35-42)48-23-13-14-24-50(48)58(51)46-28-36-27-37(30-46)31-47(58)29-36/h1-26,32-37,46-47H,27-31H2/i32D,33D,34D. The zero-order chi connectivity index (χ0) is 44.8. The van der Waals surface area contributed by atoms with E-state index in [0.717, 1.165) is 34.1 Å². The summed E-state index contributed by atoms with van der Waals surface area (Å²) < 4.78 is 30.6. The van der Waals surface area contributed by atoms with Crippen LogP contribution in [0.25, 0.3) is 90.6 Å². The molecule has 5 aliphatic carbocycles. The first kappa shape index (κ1) is 34.1. The third kappa shape index (κ3) is 6.07. The summed E-state index contributed by atoms with van der Waals surface area (Å²) in [5.74, 6) is 4.79. The Balaban J connectivity index is 1.09. The maximum absolute atomic E-state index is 10.2. The molecule has 306 valence electrons. The van der Waals surface area contributed by atoms with Crippen LogP contribution in [0, 0.1) is 23.7 Å². The van der Waals surface area contributed by atoms with Crippen LogP contribution in [0.5, 0.6) is 0 Å². The smallest absolute Gasteiger partial charge is 0.164 e. The van der Waals surface area contributed by atoms with Gasteiger partial charge in [-0.15, -0.1) is 0 Å². The summed E-state index contributed by atoms with van der Waals surface area (Å²) in [6.07, 6.45) is 6.48. The van der Waals surface area contributed by atoms with Crippen molar-refractivity contribution in [1.29, 1.82) is 0 Å². The Morgan fingerprint density at radius 1 is 0.328 bits per heavy atom. The lowest BCUT2D eigenvalue weighted by Gasteiger charge is -2.61. The van der Waals surface area contributed by atoms with Gasteiger partial charge in [-0.2, -0.15) is 0 Å². The highest BCUT2D eigenvalue weighted by molar-refractivity contribution is 5.87. The molecule has 6 nitrogen and oxygen atoms in total. The van der Waals surface area contributed by atoms with Crippen molar-refractivity contribution in [3.63, 3.8) is 0 Å². The van der Waals surface area contributed by atoms with Crippen molar-refractivity contribution in [2.24, 2.45) is 23.7 Å². The molecule has 2 aromatic heterocycles. The van der Waals surface area contributed by atoms with Gasteiger partial charge in [0.1, 0.15) is 0 Å². The number of hydrogen-bond acceptors (Lipinski definition) is 6. The minimum Gasteiger partial charge on any atom is -0.208 e. The van der Waals surface area contributed by atoms with Gasteiger partial charge in [0.15, 0.2) is 34.9 Å². The van der Waals surface area contributed by atoms with Crippen LogP contribution in [-0.4, -0.2) is 29.9 Å². The quantitative estimate of drug-likeness (QED) is 0.159. The average molecular weight is 828 g/mol. The number of fused-ring (bicyclic) bond motifs is 3. The molecule has 0 saturated heterocycles. The second kappa shape index (κ2) is 14.8. The van der Waals surface area contributed by atoms with E-state index in [4.69, 9.17) is 29.9 Å². The monoisotopic (exact) mass is 827 g/mol. The number of benzene rings is 7. The van der Waals surface area contributed by atoms with E-state index in [-0.39, 0.29) is 46.3 Å². The largest absolute Gasteiger partial charge is 0.208 e.